The van der Waals surface area contributed by atoms with Crippen LogP contribution in [0.25, 0.3) is 0 Å². The van der Waals surface area contributed by atoms with Crippen LogP contribution in [0.2, 0.25) is 0 Å². The molecule has 0 aromatic carbocycles. The zero-order chi connectivity index (χ0) is 23.5. The van der Waals surface area contributed by atoms with Crippen molar-refractivity contribution in [3.8, 4) is 11.6 Å². The largest absolute Gasteiger partial charge is 0.522 e. The first kappa shape index (κ1) is 23.2. The van der Waals surface area contributed by atoms with Crippen LogP contribution < -0.4 is 9.47 Å². The number of fused-ring (bicyclic) bond motifs is 1. The lowest BCUT2D eigenvalue weighted by molar-refractivity contribution is -0.325. The van der Waals surface area contributed by atoms with Crippen molar-refractivity contribution in [2.75, 3.05) is 40.2 Å². The molecule has 178 valence electrons. The minimum atomic E-state index is -4.74. The Morgan fingerprint density at radius 3 is 2.85 bits per heavy atom. The van der Waals surface area contributed by atoms with E-state index in [1.807, 2.05) is 18.2 Å². The molecule has 12 heteroatoms. The quantitative estimate of drug-likeness (QED) is 0.572. The number of likely N-dealkylation sites (tertiary alicyclic amines) is 1. The van der Waals surface area contributed by atoms with Gasteiger partial charge in [-0.3, -0.25) is 14.5 Å². The first-order valence-electron chi connectivity index (χ1n) is 10.2. The highest BCUT2D eigenvalue weighted by atomic mass is 19.4. The second-order valence-electron chi connectivity index (χ2n) is 7.37. The van der Waals surface area contributed by atoms with E-state index < -0.39 is 18.6 Å². The van der Waals surface area contributed by atoms with Crippen molar-refractivity contribution in [1.82, 2.24) is 14.9 Å². The van der Waals surface area contributed by atoms with Gasteiger partial charge in [0, 0.05) is 19.2 Å². The molecular formula is C21H22F3N3O6. The third-order valence-electron chi connectivity index (χ3n) is 5.48. The summed E-state index contributed by atoms with van der Waals surface area (Å²) < 4.78 is 61.9. The molecule has 2 fully saturated rings. The van der Waals surface area contributed by atoms with Crippen LogP contribution in [0.3, 0.4) is 0 Å². The Hall–Kier alpha value is -2.96. The molecule has 2 aromatic rings. The minimum absolute atomic E-state index is 0.0202. The van der Waals surface area contributed by atoms with Crippen molar-refractivity contribution in [3.63, 3.8) is 0 Å². The van der Waals surface area contributed by atoms with Crippen LogP contribution in [-0.4, -0.2) is 73.4 Å². The Balaban J connectivity index is 1.42. The molecule has 0 spiro atoms. The Morgan fingerprint density at radius 2 is 2.12 bits per heavy atom. The average Bonchev–Trinajstić information content (AvgIpc) is 3.26. The van der Waals surface area contributed by atoms with Crippen molar-refractivity contribution in [3.05, 3.63) is 47.9 Å². The van der Waals surface area contributed by atoms with E-state index in [4.69, 9.17) is 18.9 Å². The zero-order valence-corrected chi connectivity index (χ0v) is 17.7. The predicted octanol–water partition coefficient (Wildman–Crippen LogP) is 2.51. The molecule has 4 rings (SSSR count). The van der Waals surface area contributed by atoms with Crippen molar-refractivity contribution < 1.29 is 41.7 Å². The fraction of sp³-hybridized carbons (Fsp3) is 0.476. The number of aromatic nitrogens is 2. The number of piperidine rings is 1. The standard InChI is InChI=1S/C21H22F3N3O6/c1-29-18-15(30-10-11-32-21(22,23)24)6-5-14(26-18)19(28)27-9-7-20(16-4-2-3-8-25-16)17(12-27)31-13-33-20/h2-6,8,17H,7,9-13H2,1H3/t17-,20-/m1/s1. The molecule has 2 aliphatic rings. The second kappa shape index (κ2) is 9.49. The second-order valence-corrected chi connectivity index (χ2v) is 7.37. The summed E-state index contributed by atoms with van der Waals surface area (Å²) in [6.07, 6.45) is -2.94. The predicted molar refractivity (Wildman–Crippen MR) is 106 cm³/mol. The van der Waals surface area contributed by atoms with Gasteiger partial charge in [-0.25, -0.2) is 4.98 Å². The highest BCUT2D eigenvalue weighted by molar-refractivity contribution is 5.92. The van der Waals surface area contributed by atoms with Crippen LogP contribution in [-0.2, 0) is 19.8 Å². The van der Waals surface area contributed by atoms with Gasteiger partial charge in [-0.15, -0.1) is 13.2 Å². The van der Waals surface area contributed by atoms with E-state index in [1.54, 1.807) is 11.1 Å². The number of amides is 1. The van der Waals surface area contributed by atoms with E-state index in [0.717, 1.165) is 5.69 Å². The van der Waals surface area contributed by atoms with Crippen molar-refractivity contribution >= 4 is 5.91 Å². The van der Waals surface area contributed by atoms with Gasteiger partial charge in [0.15, 0.2) is 5.75 Å². The molecule has 0 unspecified atom stereocenters. The molecule has 0 saturated carbocycles. The van der Waals surface area contributed by atoms with Gasteiger partial charge < -0.3 is 23.8 Å². The van der Waals surface area contributed by atoms with Crippen LogP contribution in [0.15, 0.2) is 36.5 Å². The van der Waals surface area contributed by atoms with Crippen LogP contribution in [0, 0.1) is 0 Å². The number of methoxy groups -OCH3 is 1. The number of hydrogen-bond acceptors (Lipinski definition) is 8. The molecule has 0 bridgehead atoms. The molecule has 4 heterocycles. The Morgan fingerprint density at radius 1 is 1.27 bits per heavy atom. The maximum Gasteiger partial charge on any atom is 0.522 e. The van der Waals surface area contributed by atoms with E-state index in [2.05, 4.69) is 14.7 Å². The van der Waals surface area contributed by atoms with Crippen LogP contribution in [0.4, 0.5) is 13.2 Å². The SMILES string of the molecule is COc1nc(C(=O)N2CC[C@]3(c4ccccn4)OCO[C@@H]3C2)ccc1OCCOC(F)(F)F. The molecule has 2 aromatic heterocycles. The summed E-state index contributed by atoms with van der Waals surface area (Å²) in [7, 11) is 1.32. The number of rotatable bonds is 7. The Labute approximate surface area is 187 Å². The third kappa shape index (κ3) is 5.02. The van der Waals surface area contributed by atoms with Crippen molar-refractivity contribution in [1.29, 1.82) is 0 Å². The van der Waals surface area contributed by atoms with Crippen molar-refractivity contribution in [2.45, 2.75) is 24.5 Å². The van der Waals surface area contributed by atoms with E-state index in [0.29, 0.717) is 13.0 Å². The molecule has 2 atom stereocenters. The fourth-order valence-electron chi connectivity index (χ4n) is 3.91. The molecule has 0 N–H and O–H groups in total. The number of carbonyl (C=O) groups excluding carboxylic acids is 1. The van der Waals surface area contributed by atoms with E-state index >= 15 is 0 Å². The first-order valence-corrected chi connectivity index (χ1v) is 10.2. The molecule has 0 radical (unpaired) electrons. The van der Waals surface area contributed by atoms with Gasteiger partial charge in [-0.05, 0) is 24.3 Å². The average molecular weight is 469 g/mol. The van der Waals surface area contributed by atoms with E-state index in [-0.39, 0.29) is 49.3 Å². The highest BCUT2D eigenvalue weighted by Gasteiger charge is 2.52. The fourth-order valence-corrected chi connectivity index (χ4v) is 3.91. The molecule has 0 aliphatic carbocycles. The van der Waals surface area contributed by atoms with Crippen molar-refractivity contribution in [2.24, 2.45) is 0 Å². The number of ether oxygens (including phenoxy) is 5. The number of pyridine rings is 2. The summed E-state index contributed by atoms with van der Waals surface area (Å²) in [4.78, 5) is 23.3. The number of hydrogen-bond donors (Lipinski definition) is 0. The number of alkyl halides is 3. The maximum atomic E-state index is 13.1. The minimum Gasteiger partial charge on any atom is -0.486 e. The van der Waals surface area contributed by atoms with Gasteiger partial charge in [0.1, 0.15) is 30.8 Å². The lowest BCUT2D eigenvalue weighted by atomic mass is 9.85. The van der Waals surface area contributed by atoms with Gasteiger partial charge in [-0.2, -0.15) is 0 Å². The number of halogens is 3. The molecule has 9 nitrogen and oxygen atoms in total. The molecule has 33 heavy (non-hydrogen) atoms. The number of carbonyl (C=O) groups is 1. The van der Waals surface area contributed by atoms with Gasteiger partial charge in [0.25, 0.3) is 11.8 Å². The van der Waals surface area contributed by atoms with E-state index in [1.165, 1.54) is 19.2 Å². The van der Waals surface area contributed by atoms with Gasteiger partial charge in [0.2, 0.25) is 0 Å². The summed E-state index contributed by atoms with van der Waals surface area (Å²) >= 11 is 0. The maximum absolute atomic E-state index is 13.1. The lowest BCUT2D eigenvalue weighted by Crippen LogP contribution is -2.54. The normalized spacial score (nSPS) is 22.7. The Kier molecular flexibility index (Phi) is 6.68. The third-order valence-corrected chi connectivity index (χ3v) is 5.48. The topological polar surface area (TPSA) is 92.2 Å². The van der Waals surface area contributed by atoms with Gasteiger partial charge in [0.05, 0.1) is 26.0 Å². The highest BCUT2D eigenvalue weighted by Crippen LogP contribution is 2.41. The Bertz CT molecular complexity index is 977. The van der Waals surface area contributed by atoms with Gasteiger partial charge >= 0.3 is 6.36 Å². The summed E-state index contributed by atoms with van der Waals surface area (Å²) in [6, 6.07) is 8.42. The summed E-state index contributed by atoms with van der Waals surface area (Å²) in [5.41, 5.74) is 0.157. The van der Waals surface area contributed by atoms with Gasteiger partial charge in [-0.1, -0.05) is 6.07 Å². The molecule has 2 aliphatic heterocycles. The summed E-state index contributed by atoms with van der Waals surface area (Å²) in [5, 5.41) is 0. The number of nitrogens with zero attached hydrogens (tertiary/aromatic N) is 3. The van der Waals surface area contributed by atoms with Crippen LogP contribution in [0.5, 0.6) is 11.6 Å². The smallest absolute Gasteiger partial charge is 0.486 e. The van der Waals surface area contributed by atoms with Crippen LogP contribution in [0.1, 0.15) is 22.6 Å². The molecular weight excluding hydrogens is 447 g/mol. The zero-order valence-electron chi connectivity index (χ0n) is 17.7. The first-order chi connectivity index (χ1) is 15.8. The van der Waals surface area contributed by atoms with Crippen LogP contribution >= 0.6 is 0 Å². The summed E-state index contributed by atoms with van der Waals surface area (Å²) in [6.45, 7) is -0.271. The molecule has 2 saturated heterocycles. The monoisotopic (exact) mass is 469 g/mol. The summed E-state index contributed by atoms with van der Waals surface area (Å²) in [5.74, 6) is -0.265. The molecule has 1 amide bonds. The lowest BCUT2D eigenvalue weighted by Gasteiger charge is -2.41. The van der Waals surface area contributed by atoms with E-state index in [9.17, 15) is 18.0 Å².